The smallest absolute Gasteiger partial charge is 0.298 e. The molecule has 0 aliphatic heterocycles. The van der Waals surface area contributed by atoms with Crippen molar-refractivity contribution in [1.82, 2.24) is 25.6 Å². The van der Waals surface area contributed by atoms with Crippen molar-refractivity contribution < 1.29 is 4.79 Å². The minimum atomic E-state index is -0.577. The normalized spacial score (nSPS) is 9.65. The third kappa shape index (κ3) is 2.23. The van der Waals surface area contributed by atoms with Gasteiger partial charge in [-0.15, -0.1) is 10.2 Å². The highest BCUT2D eigenvalue weighted by atomic mass is 16.2. The van der Waals surface area contributed by atoms with Gasteiger partial charge in [0.25, 0.3) is 11.7 Å². The number of aryl methyl sites for hydroxylation is 1. The molecule has 0 saturated carbocycles. The summed E-state index contributed by atoms with van der Waals surface area (Å²) < 4.78 is 0. The van der Waals surface area contributed by atoms with E-state index in [1.807, 2.05) is 6.07 Å². The summed E-state index contributed by atoms with van der Waals surface area (Å²) in [6.45, 7) is 1.80. The lowest BCUT2D eigenvalue weighted by Crippen LogP contribution is -2.15. The van der Waals surface area contributed by atoms with E-state index in [2.05, 4.69) is 30.9 Å². The van der Waals surface area contributed by atoms with Gasteiger partial charge in [0, 0.05) is 6.20 Å². The number of nitrogens with zero attached hydrogens (tertiary/aromatic N) is 5. The minimum absolute atomic E-state index is 0.115. The number of hydrogen-bond donors (Lipinski definition) is 2. The van der Waals surface area contributed by atoms with E-state index in [9.17, 15) is 4.79 Å². The van der Waals surface area contributed by atoms with Crippen LogP contribution in [-0.2, 0) is 0 Å². The topological polar surface area (TPSA) is 120 Å². The number of aromatic nitrogens is 5. The first-order chi connectivity index (χ1) is 8.20. The molecule has 8 nitrogen and oxygen atoms in total. The first-order valence-corrected chi connectivity index (χ1v) is 4.62. The Morgan fingerprint density at radius 3 is 3.06 bits per heavy atom. The zero-order valence-corrected chi connectivity index (χ0v) is 8.80. The van der Waals surface area contributed by atoms with Gasteiger partial charge in [0.05, 0.1) is 5.56 Å². The molecular formula is C9H7N7O. The molecule has 0 unspecified atom stereocenters. The third-order valence-electron chi connectivity index (χ3n) is 1.93. The summed E-state index contributed by atoms with van der Waals surface area (Å²) >= 11 is 0. The molecule has 0 aliphatic rings. The summed E-state index contributed by atoms with van der Waals surface area (Å²) in [5, 5.41) is 23.8. The number of nitriles is 1. The van der Waals surface area contributed by atoms with Gasteiger partial charge in [0.15, 0.2) is 5.82 Å². The Labute approximate surface area is 95.7 Å². The largest absolute Gasteiger partial charge is 0.303 e. The molecule has 2 rings (SSSR count). The standard InChI is InChI=1S/C9H7N7O/c1-5-2-6(3-10)7(11-4-5)12-9(17)8-13-15-16-14-8/h2,4H,1H3,(H,11,12,17)(H,13,14,15,16). The molecule has 0 saturated heterocycles. The van der Waals surface area contributed by atoms with Crippen LogP contribution < -0.4 is 5.32 Å². The molecule has 1 amide bonds. The van der Waals surface area contributed by atoms with Crippen LogP contribution in [0.3, 0.4) is 0 Å². The Hall–Kier alpha value is -2.82. The van der Waals surface area contributed by atoms with Crippen LogP contribution in [0.1, 0.15) is 21.7 Å². The van der Waals surface area contributed by atoms with Crippen LogP contribution >= 0.6 is 0 Å². The van der Waals surface area contributed by atoms with E-state index in [1.165, 1.54) is 0 Å². The van der Waals surface area contributed by atoms with Gasteiger partial charge >= 0.3 is 0 Å². The molecular weight excluding hydrogens is 222 g/mol. The lowest BCUT2D eigenvalue weighted by atomic mass is 10.2. The van der Waals surface area contributed by atoms with Crippen molar-refractivity contribution in [2.75, 3.05) is 5.32 Å². The van der Waals surface area contributed by atoms with Crippen molar-refractivity contribution in [1.29, 1.82) is 5.26 Å². The molecule has 0 atom stereocenters. The van der Waals surface area contributed by atoms with Gasteiger partial charge in [-0.2, -0.15) is 10.5 Å². The highest BCUT2D eigenvalue weighted by Crippen LogP contribution is 2.12. The predicted octanol–water partition coefficient (Wildman–Crippen LogP) is 0.0271. The van der Waals surface area contributed by atoms with E-state index in [0.717, 1.165) is 5.56 Å². The SMILES string of the molecule is Cc1cnc(NC(=O)c2nn[nH]n2)c(C#N)c1. The molecule has 0 aliphatic carbocycles. The average molecular weight is 229 g/mol. The summed E-state index contributed by atoms with van der Waals surface area (Å²) in [6, 6.07) is 3.57. The molecule has 0 aromatic carbocycles. The van der Waals surface area contributed by atoms with E-state index in [4.69, 9.17) is 5.26 Å². The number of carbonyl (C=O) groups is 1. The summed E-state index contributed by atoms with van der Waals surface area (Å²) in [4.78, 5) is 15.5. The maximum Gasteiger partial charge on any atom is 0.298 e. The highest BCUT2D eigenvalue weighted by Gasteiger charge is 2.13. The van der Waals surface area contributed by atoms with Crippen molar-refractivity contribution in [2.45, 2.75) is 6.92 Å². The number of nitrogens with one attached hydrogen (secondary N) is 2. The van der Waals surface area contributed by atoms with Crippen molar-refractivity contribution in [3.63, 3.8) is 0 Å². The lowest BCUT2D eigenvalue weighted by molar-refractivity contribution is 0.101. The van der Waals surface area contributed by atoms with Gasteiger partial charge in [0.1, 0.15) is 6.07 Å². The number of H-pyrrole nitrogens is 1. The summed E-state index contributed by atoms with van der Waals surface area (Å²) in [6.07, 6.45) is 1.55. The number of aromatic amines is 1. The monoisotopic (exact) mass is 229 g/mol. The Balaban J connectivity index is 2.25. The van der Waals surface area contributed by atoms with E-state index in [-0.39, 0.29) is 17.2 Å². The third-order valence-corrected chi connectivity index (χ3v) is 1.93. The first-order valence-electron chi connectivity index (χ1n) is 4.62. The Bertz CT molecular complexity index is 584. The second kappa shape index (κ2) is 4.36. The van der Waals surface area contributed by atoms with Crippen LogP contribution in [0, 0.1) is 18.3 Å². The van der Waals surface area contributed by atoms with Crippen LogP contribution in [0.25, 0.3) is 0 Å². The van der Waals surface area contributed by atoms with Crippen molar-refractivity contribution in [3.8, 4) is 6.07 Å². The van der Waals surface area contributed by atoms with Crippen LogP contribution in [0.5, 0.6) is 0 Å². The van der Waals surface area contributed by atoms with Crippen LogP contribution in [-0.4, -0.2) is 31.5 Å². The summed E-state index contributed by atoms with van der Waals surface area (Å²) in [5.41, 5.74) is 1.11. The zero-order chi connectivity index (χ0) is 12.3. The fourth-order valence-electron chi connectivity index (χ4n) is 1.18. The molecule has 84 valence electrons. The second-order valence-corrected chi connectivity index (χ2v) is 3.21. The number of hydrogen-bond acceptors (Lipinski definition) is 6. The molecule has 2 heterocycles. The highest BCUT2D eigenvalue weighted by molar-refractivity contribution is 6.01. The van der Waals surface area contributed by atoms with Gasteiger partial charge in [0.2, 0.25) is 0 Å². The Morgan fingerprint density at radius 1 is 1.59 bits per heavy atom. The van der Waals surface area contributed by atoms with Gasteiger partial charge in [-0.3, -0.25) is 4.79 Å². The first kappa shape index (κ1) is 10.7. The molecule has 0 radical (unpaired) electrons. The lowest BCUT2D eigenvalue weighted by Gasteiger charge is -2.03. The average Bonchev–Trinajstić information content (AvgIpc) is 2.85. The molecule has 17 heavy (non-hydrogen) atoms. The number of rotatable bonds is 2. The maximum atomic E-state index is 11.6. The van der Waals surface area contributed by atoms with Crippen molar-refractivity contribution in [2.24, 2.45) is 0 Å². The molecule has 2 aromatic rings. The van der Waals surface area contributed by atoms with Crippen LogP contribution in [0.4, 0.5) is 5.82 Å². The van der Waals surface area contributed by atoms with Gasteiger partial charge in [-0.1, -0.05) is 0 Å². The van der Waals surface area contributed by atoms with E-state index in [1.54, 1.807) is 19.2 Å². The van der Waals surface area contributed by atoms with Gasteiger partial charge in [-0.25, -0.2) is 4.98 Å². The van der Waals surface area contributed by atoms with Crippen LogP contribution in [0.15, 0.2) is 12.3 Å². The molecule has 0 spiro atoms. The van der Waals surface area contributed by atoms with Gasteiger partial charge < -0.3 is 5.32 Å². The maximum absolute atomic E-state index is 11.6. The molecule has 2 N–H and O–H groups in total. The van der Waals surface area contributed by atoms with E-state index in [0.29, 0.717) is 0 Å². The van der Waals surface area contributed by atoms with Crippen LogP contribution in [0.2, 0.25) is 0 Å². The number of carbonyl (C=O) groups excluding carboxylic acids is 1. The molecule has 0 bridgehead atoms. The Morgan fingerprint density at radius 2 is 2.41 bits per heavy atom. The summed E-state index contributed by atoms with van der Waals surface area (Å²) in [5.74, 6) is -0.518. The van der Waals surface area contributed by atoms with E-state index >= 15 is 0 Å². The van der Waals surface area contributed by atoms with Crippen molar-refractivity contribution >= 4 is 11.7 Å². The van der Waals surface area contributed by atoms with Crippen molar-refractivity contribution in [3.05, 3.63) is 29.2 Å². The number of anilines is 1. The molecule has 8 heteroatoms. The number of pyridine rings is 1. The second-order valence-electron chi connectivity index (χ2n) is 3.21. The number of tetrazole rings is 1. The predicted molar refractivity (Wildman–Crippen MR) is 55.8 cm³/mol. The van der Waals surface area contributed by atoms with E-state index < -0.39 is 5.91 Å². The summed E-state index contributed by atoms with van der Waals surface area (Å²) in [7, 11) is 0. The molecule has 0 fully saturated rings. The fraction of sp³-hybridized carbons (Fsp3) is 0.111. The zero-order valence-electron chi connectivity index (χ0n) is 8.80. The Kier molecular flexibility index (Phi) is 2.74. The number of amides is 1. The minimum Gasteiger partial charge on any atom is -0.303 e. The van der Waals surface area contributed by atoms with Gasteiger partial charge in [-0.05, 0) is 23.8 Å². The fourth-order valence-corrected chi connectivity index (χ4v) is 1.18. The molecule has 2 aromatic heterocycles. The quantitative estimate of drug-likeness (QED) is 0.749.